The van der Waals surface area contributed by atoms with Gasteiger partial charge in [0.15, 0.2) is 0 Å². The van der Waals surface area contributed by atoms with Gasteiger partial charge in [0, 0.05) is 24.8 Å². The molecular formula is C22H20N2O6. The van der Waals surface area contributed by atoms with Crippen molar-refractivity contribution < 1.29 is 24.4 Å². The lowest BCUT2D eigenvalue weighted by Gasteiger charge is -2.27. The fourth-order valence-corrected chi connectivity index (χ4v) is 4.04. The van der Waals surface area contributed by atoms with Crippen LogP contribution >= 0.6 is 0 Å². The fourth-order valence-electron chi connectivity index (χ4n) is 4.04. The minimum Gasteiger partial charge on any atom is -0.507 e. The van der Waals surface area contributed by atoms with E-state index in [2.05, 4.69) is 0 Å². The molecule has 30 heavy (non-hydrogen) atoms. The highest BCUT2D eigenvalue weighted by Crippen LogP contribution is 2.42. The second-order valence-corrected chi connectivity index (χ2v) is 7.27. The van der Waals surface area contributed by atoms with Gasteiger partial charge < -0.3 is 14.7 Å². The number of amides is 1. The first kappa shape index (κ1) is 19.8. The molecule has 4 rings (SSSR count). The predicted octanol–water partition coefficient (Wildman–Crippen LogP) is 3.20. The van der Waals surface area contributed by atoms with Crippen molar-refractivity contribution in [2.75, 3.05) is 13.2 Å². The Bertz CT molecular complexity index is 1030. The molecule has 2 atom stereocenters. The topological polar surface area (TPSA) is 110 Å². The molecular weight excluding hydrogens is 388 g/mol. The zero-order valence-corrected chi connectivity index (χ0v) is 16.1. The molecule has 1 amide bonds. The van der Waals surface area contributed by atoms with Crippen molar-refractivity contribution in [1.29, 1.82) is 0 Å². The quantitative estimate of drug-likeness (QED) is 0.267. The molecule has 0 bridgehead atoms. The molecule has 1 N–H and O–H groups in total. The van der Waals surface area contributed by atoms with E-state index in [0.717, 1.165) is 12.8 Å². The summed E-state index contributed by atoms with van der Waals surface area (Å²) >= 11 is 0. The third-order valence-electron chi connectivity index (χ3n) is 5.44. The van der Waals surface area contributed by atoms with E-state index < -0.39 is 22.7 Å². The van der Waals surface area contributed by atoms with Crippen LogP contribution in [0.4, 0.5) is 5.69 Å². The number of aliphatic hydroxyl groups excluding tert-OH is 1. The number of benzene rings is 2. The molecule has 154 valence electrons. The number of ether oxygens (including phenoxy) is 1. The van der Waals surface area contributed by atoms with Crippen molar-refractivity contribution in [1.82, 2.24) is 4.90 Å². The number of rotatable bonds is 5. The van der Waals surface area contributed by atoms with E-state index in [4.69, 9.17) is 4.74 Å². The molecule has 0 saturated carbocycles. The number of aliphatic hydroxyl groups is 1. The van der Waals surface area contributed by atoms with E-state index in [-0.39, 0.29) is 35.2 Å². The van der Waals surface area contributed by atoms with Crippen molar-refractivity contribution in [2.24, 2.45) is 0 Å². The molecule has 2 saturated heterocycles. The van der Waals surface area contributed by atoms with Gasteiger partial charge in [-0.3, -0.25) is 19.7 Å². The second kappa shape index (κ2) is 8.08. The zero-order chi connectivity index (χ0) is 21.3. The Morgan fingerprint density at radius 3 is 2.50 bits per heavy atom. The van der Waals surface area contributed by atoms with Crippen LogP contribution in [0.1, 0.15) is 30.0 Å². The van der Waals surface area contributed by atoms with Crippen LogP contribution in [-0.4, -0.2) is 45.9 Å². The van der Waals surface area contributed by atoms with Gasteiger partial charge in [0.05, 0.1) is 28.2 Å². The summed E-state index contributed by atoms with van der Waals surface area (Å²) < 4.78 is 5.62. The van der Waals surface area contributed by atoms with Crippen molar-refractivity contribution in [3.8, 4) is 0 Å². The molecule has 2 fully saturated rings. The molecule has 2 aliphatic rings. The summed E-state index contributed by atoms with van der Waals surface area (Å²) in [6.45, 7) is 0.682. The number of nitro groups is 1. The molecule has 2 heterocycles. The summed E-state index contributed by atoms with van der Waals surface area (Å²) in [7, 11) is 0. The van der Waals surface area contributed by atoms with Crippen LogP contribution in [0.5, 0.6) is 0 Å². The van der Waals surface area contributed by atoms with Gasteiger partial charge in [0.2, 0.25) is 0 Å². The Morgan fingerprint density at radius 2 is 1.83 bits per heavy atom. The van der Waals surface area contributed by atoms with Crippen molar-refractivity contribution >= 4 is 23.1 Å². The van der Waals surface area contributed by atoms with Crippen molar-refractivity contribution in [3.05, 3.63) is 81.4 Å². The van der Waals surface area contributed by atoms with Gasteiger partial charge in [0.1, 0.15) is 5.76 Å². The predicted molar refractivity (Wildman–Crippen MR) is 108 cm³/mol. The van der Waals surface area contributed by atoms with Gasteiger partial charge in [-0.2, -0.15) is 0 Å². The number of para-hydroxylation sites is 1. The van der Waals surface area contributed by atoms with Gasteiger partial charge in [-0.1, -0.05) is 42.5 Å². The number of ketones is 1. The van der Waals surface area contributed by atoms with Crippen LogP contribution in [0.15, 0.2) is 60.2 Å². The lowest BCUT2D eigenvalue weighted by atomic mass is 9.94. The first-order valence-corrected chi connectivity index (χ1v) is 9.67. The largest absolute Gasteiger partial charge is 0.507 e. The highest BCUT2D eigenvalue weighted by molar-refractivity contribution is 6.46. The van der Waals surface area contributed by atoms with Crippen LogP contribution < -0.4 is 0 Å². The monoisotopic (exact) mass is 408 g/mol. The minimum atomic E-state index is -1.07. The van der Waals surface area contributed by atoms with E-state index in [1.54, 1.807) is 36.4 Å². The van der Waals surface area contributed by atoms with E-state index in [1.165, 1.54) is 23.1 Å². The molecule has 2 aromatic rings. The maximum Gasteiger partial charge on any atom is 0.295 e. The molecule has 8 heteroatoms. The molecule has 0 aliphatic carbocycles. The van der Waals surface area contributed by atoms with E-state index in [1.807, 2.05) is 0 Å². The van der Waals surface area contributed by atoms with Gasteiger partial charge in [-0.25, -0.2) is 0 Å². The number of Topliss-reactive ketones (excluding diaryl/α,β-unsaturated/α-hetero) is 1. The maximum atomic E-state index is 12.9. The molecule has 2 aliphatic heterocycles. The van der Waals surface area contributed by atoms with Gasteiger partial charge >= 0.3 is 0 Å². The molecule has 2 aromatic carbocycles. The van der Waals surface area contributed by atoms with E-state index >= 15 is 0 Å². The third-order valence-corrected chi connectivity index (χ3v) is 5.44. The molecule has 0 unspecified atom stereocenters. The average molecular weight is 408 g/mol. The van der Waals surface area contributed by atoms with Crippen LogP contribution in [0.25, 0.3) is 5.76 Å². The van der Waals surface area contributed by atoms with Crippen LogP contribution in [-0.2, 0) is 14.3 Å². The second-order valence-electron chi connectivity index (χ2n) is 7.27. The summed E-state index contributed by atoms with van der Waals surface area (Å²) in [5.74, 6) is -2.02. The van der Waals surface area contributed by atoms with Crippen LogP contribution in [0, 0.1) is 10.1 Å². The summed E-state index contributed by atoms with van der Waals surface area (Å²) in [6.07, 6.45) is 1.31. The standard InChI is InChI=1S/C22H20N2O6/c25-20(14-7-2-1-3-8-14)18-19(16-10-4-5-11-17(16)24(28)29)23(22(27)21(18)26)13-15-9-6-12-30-15/h1-5,7-8,10-11,15,19,25H,6,9,12-13H2/b20-18+/t15-,19+/m0/s1. The number of nitrogens with zero attached hydrogens (tertiary/aromatic N) is 2. The van der Waals surface area contributed by atoms with Crippen molar-refractivity contribution in [3.63, 3.8) is 0 Å². The molecule has 0 radical (unpaired) electrons. The Morgan fingerprint density at radius 1 is 1.13 bits per heavy atom. The number of carbonyl (C=O) groups is 2. The van der Waals surface area contributed by atoms with Gasteiger partial charge in [-0.05, 0) is 18.9 Å². The lowest BCUT2D eigenvalue weighted by Crippen LogP contribution is -2.36. The lowest BCUT2D eigenvalue weighted by molar-refractivity contribution is -0.385. The maximum absolute atomic E-state index is 12.9. The summed E-state index contributed by atoms with van der Waals surface area (Å²) in [5.41, 5.74) is 0.160. The number of hydrogen-bond donors (Lipinski definition) is 1. The minimum absolute atomic E-state index is 0.118. The molecule has 0 spiro atoms. The van der Waals surface area contributed by atoms with Gasteiger partial charge in [0.25, 0.3) is 17.4 Å². The molecule has 8 nitrogen and oxygen atoms in total. The number of carbonyl (C=O) groups excluding carboxylic acids is 2. The van der Waals surface area contributed by atoms with Crippen molar-refractivity contribution in [2.45, 2.75) is 25.0 Å². The average Bonchev–Trinajstić information content (AvgIpc) is 3.36. The first-order chi connectivity index (χ1) is 14.5. The van der Waals surface area contributed by atoms with Crippen LogP contribution in [0.3, 0.4) is 0 Å². The third kappa shape index (κ3) is 3.46. The normalized spacial score (nSPS) is 23.1. The Balaban J connectivity index is 1.89. The number of hydrogen-bond acceptors (Lipinski definition) is 6. The molecule has 0 aromatic heterocycles. The number of likely N-dealkylation sites (tertiary alicyclic amines) is 1. The van der Waals surface area contributed by atoms with Crippen LogP contribution in [0.2, 0.25) is 0 Å². The summed E-state index contributed by atoms with van der Waals surface area (Å²) in [5, 5.41) is 22.6. The Hall–Kier alpha value is -3.52. The van der Waals surface area contributed by atoms with Gasteiger partial charge in [-0.15, -0.1) is 0 Å². The zero-order valence-electron chi connectivity index (χ0n) is 16.1. The highest BCUT2D eigenvalue weighted by Gasteiger charge is 2.48. The highest BCUT2D eigenvalue weighted by atomic mass is 16.6. The Kier molecular flexibility index (Phi) is 5.33. The van der Waals surface area contributed by atoms with E-state index in [9.17, 15) is 24.8 Å². The SMILES string of the molecule is O=C1C(=O)N(C[C@@H]2CCCO2)[C@H](c2ccccc2[N+](=O)[O-])/C1=C(\O)c1ccccc1. The number of nitro benzene ring substituents is 1. The summed E-state index contributed by atoms with van der Waals surface area (Å²) in [4.78, 5) is 38.2. The summed E-state index contributed by atoms with van der Waals surface area (Å²) in [6, 6.07) is 13.2. The first-order valence-electron chi connectivity index (χ1n) is 9.67. The smallest absolute Gasteiger partial charge is 0.295 e. The Labute approximate surface area is 172 Å². The fraction of sp³-hybridized carbons (Fsp3) is 0.273. The van der Waals surface area contributed by atoms with E-state index in [0.29, 0.717) is 12.2 Å².